The second-order valence-electron chi connectivity index (χ2n) is 6.23. The van der Waals surface area contributed by atoms with Gasteiger partial charge in [0, 0.05) is 22.2 Å². The minimum absolute atomic E-state index is 0.0418. The van der Waals surface area contributed by atoms with Crippen molar-refractivity contribution in [2.75, 3.05) is 25.4 Å². The van der Waals surface area contributed by atoms with E-state index in [0.717, 1.165) is 0 Å². The van der Waals surface area contributed by atoms with Crippen molar-refractivity contribution >= 4 is 17.5 Å². The molecule has 1 saturated heterocycles. The van der Waals surface area contributed by atoms with Crippen LogP contribution in [0.3, 0.4) is 0 Å². The van der Waals surface area contributed by atoms with Gasteiger partial charge in [0.25, 0.3) is 5.91 Å². The number of piperidine rings is 1. The summed E-state index contributed by atoms with van der Waals surface area (Å²) in [5, 5.41) is 2.20. The lowest BCUT2D eigenvalue weighted by atomic mass is 9.91. The number of halogens is 3. The predicted octanol–water partition coefficient (Wildman–Crippen LogP) is 3.28. The smallest absolute Gasteiger partial charge is 0.262 e. The fourth-order valence-electron chi connectivity index (χ4n) is 2.93. The van der Waals surface area contributed by atoms with Gasteiger partial charge in [0.1, 0.15) is 34.5 Å². The van der Waals surface area contributed by atoms with Gasteiger partial charge >= 0.3 is 0 Å². The fraction of sp³-hybridized carbons (Fsp3) is 0.316. The van der Waals surface area contributed by atoms with Crippen molar-refractivity contribution in [3.05, 3.63) is 59.0 Å². The molecule has 1 N–H and O–H groups in total. The lowest BCUT2D eigenvalue weighted by Crippen LogP contribution is -2.33. The van der Waals surface area contributed by atoms with Gasteiger partial charge in [-0.15, -0.1) is 0 Å². The maximum atomic E-state index is 13.8. The number of ketones is 1. The van der Waals surface area contributed by atoms with E-state index in [9.17, 15) is 22.8 Å². The molecular weight excluding hydrogens is 359 g/mol. The number of Topliss-reactive ketones (excluding diaryl/α,β-unsaturated/α-hetero) is 1. The SMILES string of the molecule is [2H]C([2H])([2H])N1CCC(C(=O)c2cccc(NC(=O)c3c(F)cc(F)cc3F)n2)CC1. The van der Waals surface area contributed by atoms with Crippen LogP contribution in [0, 0.1) is 23.4 Å². The molecule has 142 valence electrons. The van der Waals surface area contributed by atoms with Crippen LogP contribution < -0.4 is 5.32 Å². The number of nitrogens with zero attached hydrogens (tertiary/aromatic N) is 2. The van der Waals surface area contributed by atoms with Crippen LogP contribution >= 0.6 is 0 Å². The Balaban J connectivity index is 1.71. The number of carbonyl (C=O) groups excluding carboxylic acids is 2. The molecule has 8 heteroatoms. The zero-order valence-electron chi connectivity index (χ0n) is 17.1. The number of hydrogen-bond donors (Lipinski definition) is 1. The van der Waals surface area contributed by atoms with Crippen molar-refractivity contribution in [1.82, 2.24) is 9.88 Å². The lowest BCUT2D eigenvalue weighted by molar-refractivity contribution is 0.0851. The monoisotopic (exact) mass is 380 g/mol. The number of anilines is 1. The molecule has 1 aliphatic heterocycles. The third-order valence-corrected chi connectivity index (χ3v) is 4.34. The molecule has 27 heavy (non-hydrogen) atoms. The van der Waals surface area contributed by atoms with Crippen LogP contribution in [0.1, 0.15) is 37.8 Å². The van der Waals surface area contributed by atoms with E-state index in [1.54, 1.807) is 0 Å². The summed E-state index contributed by atoms with van der Waals surface area (Å²) in [5.74, 6) is -5.89. The van der Waals surface area contributed by atoms with E-state index < -0.39 is 41.8 Å². The Morgan fingerprint density at radius 2 is 1.85 bits per heavy atom. The number of hydrogen-bond acceptors (Lipinski definition) is 4. The molecule has 3 rings (SSSR count). The van der Waals surface area contributed by atoms with Gasteiger partial charge in [-0.05, 0) is 45.0 Å². The molecule has 0 atom stereocenters. The second kappa shape index (κ2) is 7.87. The summed E-state index contributed by atoms with van der Waals surface area (Å²) in [6, 6.07) is 5.00. The summed E-state index contributed by atoms with van der Waals surface area (Å²) < 4.78 is 62.8. The molecule has 0 unspecified atom stereocenters. The Kier molecular flexibility index (Phi) is 4.47. The molecule has 0 spiro atoms. The van der Waals surface area contributed by atoms with Crippen molar-refractivity contribution in [1.29, 1.82) is 0 Å². The van der Waals surface area contributed by atoms with Crippen LogP contribution in [0.15, 0.2) is 30.3 Å². The number of amides is 1. The molecular formula is C19H18F3N3O2. The maximum Gasteiger partial charge on any atom is 0.262 e. The van der Waals surface area contributed by atoms with Crippen LogP contribution in [-0.4, -0.2) is 41.6 Å². The minimum atomic E-state index is -2.21. The Morgan fingerprint density at radius 3 is 2.48 bits per heavy atom. The summed E-state index contributed by atoms with van der Waals surface area (Å²) in [6.07, 6.45) is 0.697. The molecule has 5 nitrogen and oxygen atoms in total. The molecule has 2 heterocycles. The highest BCUT2D eigenvalue weighted by Gasteiger charge is 2.26. The largest absolute Gasteiger partial charge is 0.306 e. The third-order valence-electron chi connectivity index (χ3n) is 4.34. The standard InChI is InChI=1S/C19H18F3N3O2/c1-25-7-5-11(6-8-25)18(26)15-3-2-4-16(23-15)24-19(27)17-13(21)9-12(20)10-14(17)22/h2-4,9-11H,5-8H2,1H3,(H,23,24,27)/i1D3. The van der Waals surface area contributed by atoms with Crippen molar-refractivity contribution in [2.24, 2.45) is 5.92 Å². The van der Waals surface area contributed by atoms with Gasteiger partial charge in [-0.2, -0.15) is 0 Å². The van der Waals surface area contributed by atoms with Gasteiger partial charge < -0.3 is 10.2 Å². The third kappa shape index (κ3) is 4.33. The highest BCUT2D eigenvalue weighted by atomic mass is 19.1. The average molecular weight is 380 g/mol. The van der Waals surface area contributed by atoms with Crippen molar-refractivity contribution in [3.8, 4) is 0 Å². The molecule has 1 amide bonds. The van der Waals surface area contributed by atoms with Gasteiger partial charge in [0.05, 0.1) is 0 Å². The molecule has 1 aromatic carbocycles. The highest BCUT2D eigenvalue weighted by molar-refractivity contribution is 6.04. The van der Waals surface area contributed by atoms with Crippen LogP contribution in [0.4, 0.5) is 19.0 Å². The number of rotatable bonds is 4. The first kappa shape index (κ1) is 15.3. The Hall–Kier alpha value is -2.74. The Bertz CT molecular complexity index is 954. The zero-order chi connectivity index (χ0) is 22.1. The van der Waals surface area contributed by atoms with Gasteiger partial charge in [-0.1, -0.05) is 6.07 Å². The average Bonchev–Trinajstić information content (AvgIpc) is 2.66. The van der Waals surface area contributed by atoms with Gasteiger partial charge in [0.15, 0.2) is 5.78 Å². The summed E-state index contributed by atoms with van der Waals surface area (Å²) in [5.41, 5.74) is -0.924. The number of aromatic nitrogens is 1. The first-order chi connectivity index (χ1) is 14.1. The topological polar surface area (TPSA) is 62.3 Å². The van der Waals surface area contributed by atoms with E-state index in [1.807, 2.05) is 0 Å². The Labute approximate surface area is 158 Å². The summed E-state index contributed by atoms with van der Waals surface area (Å²) in [4.78, 5) is 30.3. The molecule has 1 aromatic heterocycles. The minimum Gasteiger partial charge on any atom is -0.306 e. The molecule has 0 aliphatic carbocycles. The summed E-state index contributed by atoms with van der Waals surface area (Å²) in [7, 11) is 0. The Morgan fingerprint density at radius 1 is 1.19 bits per heavy atom. The van der Waals surface area contributed by atoms with Crippen molar-refractivity contribution in [3.63, 3.8) is 0 Å². The fourth-order valence-corrected chi connectivity index (χ4v) is 2.93. The first-order valence-corrected chi connectivity index (χ1v) is 8.28. The number of pyridine rings is 1. The normalized spacial score (nSPS) is 17.7. The second-order valence-corrected chi connectivity index (χ2v) is 6.23. The van der Waals surface area contributed by atoms with Gasteiger partial charge in [-0.25, -0.2) is 18.2 Å². The number of benzene rings is 1. The maximum absolute atomic E-state index is 13.8. The number of carbonyl (C=O) groups is 2. The van der Waals surface area contributed by atoms with Gasteiger partial charge in [-0.3, -0.25) is 9.59 Å². The summed E-state index contributed by atoms with van der Waals surface area (Å²) in [6.45, 7) is -1.72. The predicted molar refractivity (Wildman–Crippen MR) is 93.1 cm³/mol. The van der Waals surface area contributed by atoms with E-state index in [2.05, 4.69) is 10.3 Å². The van der Waals surface area contributed by atoms with E-state index >= 15 is 0 Å². The lowest BCUT2D eigenvalue weighted by Gasteiger charge is -2.27. The summed E-state index contributed by atoms with van der Waals surface area (Å²) >= 11 is 0. The van der Waals surface area contributed by atoms with E-state index in [-0.39, 0.29) is 30.4 Å². The van der Waals surface area contributed by atoms with Crippen LogP contribution in [0.25, 0.3) is 0 Å². The van der Waals surface area contributed by atoms with Crippen LogP contribution in [0.2, 0.25) is 0 Å². The van der Waals surface area contributed by atoms with Gasteiger partial charge in [0.2, 0.25) is 0 Å². The number of likely N-dealkylation sites (tertiary alicyclic amines) is 1. The van der Waals surface area contributed by atoms with E-state index in [0.29, 0.717) is 25.0 Å². The molecule has 0 saturated carbocycles. The van der Waals surface area contributed by atoms with Crippen LogP contribution in [0.5, 0.6) is 0 Å². The van der Waals surface area contributed by atoms with Crippen molar-refractivity contribution in [2.45, 2.75) is 12.8 Å². The zero-order valence-corrected chi connectivity index (χ0v) is 14.1. The molecule has 2 aromatic rings. The molecule has 0 bridgehead atoms. The quantitative estimate of drug-likeness (QED) is 0.827. The molecule has 1 aliphatic rings. The van der Waals surface area contributed by atoms with Crippen molar-refractivity contribution < 1.29 is 26.9 Å². The van der Waals surface area contributed by atoms with E-state index in [4.69, 9.17) is 4.11 Å². The number of nitrogens with one attached hydrogen (secondary N) is 1. The first-order valence-electron chi connectivity index (χ1n) is 9.78. The molecule has 0 radical (unpaired) electrons. The van der Waals surface area contributed by atoms with E-state index in [1.165, 1.54) is 23.1 Å². The van der Waals surface area contributed by atoms with Crippen LogP contribution in [-0.2, 0) is 0 Å². The highest BCUT2D eigenvalue weighted by Crippen LogP contribution is 2.21. The molecule has 1 fully saturated rings.